The first-order valence-corrected chi connectivity index (χ1v) is 13.2. The lowest BCUT2D eigenvalue weighted by Gasteiger charge is -2.21. The van der Waals surface area contributed by atoms with E-state index in [1.165, 1.54) is 17.3 Å². The summed E-state index contributed by atoms with van der Waals surface area (Å²) in [6, 6.07) is 10.4. The number of carbonyl (C=O) groups is 2. The first kappa shape index (κ1) is 34.7. The third-order valence-corrected chi connectivity index (χ3v) is 6.10. The van der Waals surface area contributed by atoms with Crippen LogP contribution in [0.4, 0.5) is 23.2 Å². The number of aromatic nitrogens is 5. The van der Waals surface area contributed by atoms with Gasteiger partial charge in [-0.1, -0.05) is 13.0 Å². The van der Waals surface area contributed by atoms with E-state index in [9.17, 15) is 22.8 Å². The number of hydrogen-bond acceptors (Lipinski definition) is 9. The van der Waals surface area contributed by atoms with Crippen molar-refractivity contribution in [1.82, 2.24) is 29.6 Å². The molecule has 0 aliphatic heterocycles. The lowest BCUT2D eigenvalue weighted by atomic mass is 10.00. The van der Waals surface area contributed by atoms with Crippen molar-refractivity contribution in [2.75, 3.05) is 26.0 Å². The summed E-state index contributed by atoms with van der Waals surface area (Å²) in [5, 5.41) is 22.3. The number of aromatic amines is 1. The number of carboxylic acids is 1. The highest BCUT2D eigenvalue weighted by Crippen LogP contribution is 2.33. The summed E-state index contributed by atoms with van der Waals surface area (Å²) in [5.41, 5.74) is 6.88. The van der Waals surface area contributed by atoms with Crippen LogP contribution in [0.2, 0.25) is 0 Å². The van der Waals surface area contributed by atoms with E-state index >= 15 is 4.39 Å². The molecule has 2 aromatic carbocycles. The van der Waals surface area contributed by atoms with Crippen molar-refractivity contribution < 1.29 is 37.0 Å². The molecule has 0 aliphatic rings. The number of amides is 1. The van der Waals surface area contributed by atoms with E-state index in [0.29, 0.717) is 17.7 Å². The van der Waals surface area contributed by atoms with E-state index < -0.39 is 29.7 Å². The fraction of sp³-hybridized carbons (Fsp3) is 0.250. The summed E-state index contributed by atoms with van der Waals surface area (Å²) < 4.78 is 54.3. The lowest BCUT2D eigenvalue weighted by Crippen LogP contribution is -2.28. The lowest BCUT2D eigenvalue weighted by molar-refractivity contribution is -0.192. The number of alkyl halides is 3. The predicted molar refractivity (Wildman–Crippen MR) is 156 cm³/mol. The summed E-state index contributed by atoms with van der Waals surface area (Å²) in [5.74, 6) is -3.88. The van der Waals surface area contributed by atoms with Gasteiger partial charge < -0.3 is 25.8 Å². The molecule has 0 saturated carbocycles. The van der Waals surface area contributed by atoms with Crippen molar-refractivity contribution in [3.63, 3.8) is 0 Å². The summed E-state index contributed by atoms with van der Waals surface area (Å²) in [6.07, 6.45) is -1.59. The van der Waals surface area contributed by atoms with Crippen LogP contribution in [0.3, 0.4) is 0 Å². The molecule has 2 heterocycles. The molecule has 46 heavy (non-hydrogen) atoms. The second kappa shape index (κ2) is 14.8. The normalized spacial score (nSPS) is 11.5. The zero-order valence-corrected chi connectivity index (χ0v) is 24.6. The molecule has 244 valence electrons. The second-order valence-electron chi connectivity index (χ2n) is 9.57. The SMILES string of the molecule is CCc1cc(OCC(=O)N(C)C)c(F)c(C(Nc2ccc(C(=N)N)cc2)c2nn(-c3ncccn3)c(=O)[nH]2)c1.O=C(O)C(F)(F)F. The predicted octanol–water partition coefficient (Wildman–Crippen LogP) is 2.64. The highest BCUT2D eigenvalue weighted by Gasteiger charge is 2.38. The van der Waals surface area contributed by atoms with Crippen LogP contribution in [0.5, 0.6) is 5.75 Å². The van der Waals surface area contributed by atoms with Crippen molar-refractivity contribution in [1.29, 1.82) is 5.41 Å². The number of amidine groups is 1. The van der Waals surface area contributed by atoms with Gasteiger partial charge in [0.05, 0.1) is 0 Å². The van der Waals surface area contributed by atoms with Gasteiger partial charge in [0.2, 0.25) is 0 Å². The van der Waals surface area contributed by atoms with Crippen molar-refractivity contribution in [3.8, 4) is 11.7 Å². The maximum Gasteiger partial charge on any atom is 0.490 e. The van der Waals surface area contributed by atoms with Gasteiger partial charge in [-0.2, -0.15) is 13.2 Å². The van der Waals surface area contributed by atoms with Crippen LogP contribution >= 0.6 is 0 Å². The number of ether oxygens (including phenoxy) is 1. The van der Waals surface area contributed by atoms with Crippen molar-refractivity contribution in [3.05, 3.63) is 93.7 Å². The monoisotopic (exact) mass is 647 g/mol. The summed E-state index contributed by atoms with van der Waals surface area (Å²) in [7, 11) is 3.16. The molecule has 0 radical (unpaired) electrons. The van der Waals surface area contributed by atoms with Gasteiger partial charge in [0.1, 0.15) is 11.9 Å². The third kappa shape index (κ3) is 8.87. The number of benzene rings is 2. The largest absolute Gasteiger partial charge is 0.490 e. The van der Waals surface area contributed by atoms with Gasteiger partial charge in [-0.25, -0.2) is 23.9 Å². The molecule has 1 amide bonds. The van der Waals surface area contributed by atoms with E-state index in [-0.39, 0.29) is 41.4 Å². The molecule has 0 fully saturated rings. The molecule has 4 rings (SSSR count). The fourth-order valence-electron chi connectivity index (χ4n) is 3.68. The molecule has 2 aromatic heterocycles. The standard InChI is InChI=1S/C26H28FN9O3.C2HF3O2/c1-4-15-12-18(21(27)19(13-15)39-14-20(37)35(2)3)22(32-17-8-6-16(7-9-17)23(28)29)24-33-26(38)36(34-24)25-30-10-5-11-31-25;3-2(4,5)1(6)7/h5-13,22,32H,4,14H2,1-3H3,(H3,28,29)(H,33,34,38);(H,6,7). The number of halogens is 4. The van der Waals surface area contributed by atoms with Gasteiger partial charge in [-0.3, -0.25) is 15.2 Å². The minimum atomic E-state index is -5.08. The number of nitrogens with two attached hydrogens (primary N) is 1. The zero-order valence-electron chi connectivity index (χ0n) is 24.6. The molecule has 4 aromatic rings. The quantitative estimate of drug-likeness (QED) is 0.0967. The number of hydrogen-bond donors (Lipinski definition) is 5. The van der Waals surface area contributed by atoms with Gasteiger partial charge in [-0.15, -0.1) is 9.78 Å². The maximum atomic E-state index is 16.0. The number of aliphatic carboxylic acids is 1. The van der Waals surface area contributed by atoms with Crippen LogP contribution < -0.4 is 21.5 Å². The van der Waals surface area contributed by atoms with Crippen molar-refractivity contribution in [2.45, 2.75) is 25.6 Å². The van der Waals surface area contributed by atoms with Gasteiger partial charge in [0.25, 0.3) is 11.9 Å². The van der Waals surface area contributed by atoms with Crippen molar-refractivity contribution in [2.24, 2.45) is 5.73 Å². The van der Waals surface area contributed by atoms with E-state index in [0.717, 1.165) is 10.2 Å². The Bertz CT molecular complexity index is 1740. The van der Waals surface area contributed by atoms with E-state index in [1.807, 2.05) is 6.92 Å². The Kier molecular flexibility index (Phi) is 11.1. The minimum Gasteiger partial charge on any atom is -0.481 e. The Morgan fingerprint density at radius 3 is 2.30 bits per heavy atom. The zero-order chi connectivity index (χ0) is 34.2. The molecular formula is C28H29F4N9O5. The van der Waals surface area contributed by atoms with Crippen LogP contribution in [0, 0.1) is 11.2 Å². The first-order chi connectivity index (χ1) is 21.6. The van der Waals surface area contributed by atoms with E-state index in [1.54, 1.807) is 56.6 Å². The third-order valence-electron chi connectivity index (χ3n) is 6.10. The number of nitrogen functional groups attached to an aromatic ring is 1. The molecule has 1 atom stereocenters. The maximum absolute atomic E-state index is 16.0. The second-order valence-corrected chi connectivity index (χ2v) is 9.57. The summed E-state index contributed by atoms with van der Waals surface area (Å²) >= 11 is 0. The number of likely N-dealkylation sites (N-methyl/N-ethyl adjacent to an activating group) is 1. The number of carboxylic acid groups (broad SMARTS) is 1. The van der Waals surface area contributed by atoms with E-state index in [2.05, 4.69) is 25.4 Å². The average molecular weight is 648 g/mol. The summed E-state index contributed by atoms with van der Waals surface area (Å²) in [6.45, 7) is 1.55. The first-order valence-electron chi connectivity index (χ1n) is 13.2. The highest BCUT2D eigenvalue weighted by molar-refractivity contribution is 5.95. The molecule has 0 saturated heterocycles. The van der Waals surface area contributed by atoms with Gasteiger partial charge >= 0.3 is 17.8 Å². The smallest absolute Gasteiger partial charge is 0.481 e. The number of nitrogens with zero attached hydrogens (tertiary/aromatic N) is 5. The van der Waals surface area contributed by atoms with Gasteiger partial charge in [0, 0.05) is 43.3 Å². The Morgan fingerprint density at radius 2 is 1.78 bits per heavy atom. The van der Waals surface area contributed by atoms with Gasteiger partial charge in [0.15, 0.2) is 24.0 Å². The molecule has 6 N–H and O–H groups in total. The fourth-order valence-corrected chi connectivity index (χ4v) is 3.68. The number of aryl methyl sites for hydroxylation is 1. The minimum absolute atomic E-state index is 0.0450. The molecule has 14 nitrogen and oxygen atoms in total. The molecular weight excluding hydrogens is 618 g/mol. The van der Waals surface area contributed by atoms with Crippen LogP contribution in [0.1, 0.15) is 35.5 Å². The van der Waals surface area contributed by atoms with Crippen molar-refractivity contribution >= 4 is 23.4 Å². The number of rotatable bonds is 10. The average Bonchev–Trinajstić information content (AvgIpc) is 3.40. The number of carbonyl (C=O) groups excluding carboxylic acids is 1. The Hall–Kier alpha value is -5.81. The van der Waals surface area contributed by atoms with Crippen LogP contribution in [0.15, 0.2) is 59.7 Å². The molecule has 0 spiro atoms. The highest BCUT2D eigenvalue weighted by atomic mass is 19.4. The Balaban J connectivity index is 0.000000738. The van der Waals surface area contributed by atoms with Gasteiger partial charge in [-0.05, 0) is 48.4 Å². The van der Waals surface area contributed by atoms with E-state index in [4.69, 9.17) is 25.8 Å². The Morgan fingerprint density at radius 1 is 1.17 bits per heavy atom. The Labute approximate surface area is 258 Å². The molecule has 18 heteroatoms. The van der Waals surface area contributed by atoms with Crippen LogP contribution in [0.25, 0.3) is 5.95 Å². The van der Waals surface area contributed by atoms with Crippen LogP contribution in [-0.4, -0.2) is 79.3 Å². The number of anilines is 1. The topological polar surface area (TPSA) is 205 Å². The molecule has 1 unspecified atom stereocenters. The molecule has 0 aliphatic carbocycles. The number of H-pyrrole nitrogens is 1. The summed E-state index contributed by atoms with van der Waals surface area (Å²) in [4.78, 5) is 45.9. The number of nitrogens with one attached hydrogen (secondary N) is 3. The van der Waals surface area contributed by atoms with Crippen LogP contribution in [-0.2, 0) is 16.0 Å². The molecule has 0 bridgehead atoms.